The van der Waals surface area contributed by atoms with E-state index in [0.29, 0.717) is 22.2 Å². The molecule has 0 aliphatic heterocycles. The van der Waals surface area contributed by atoms with Crippen molar-refractivity contribution < 1.29 is 13.6 Å². The van der Waals surface area contributed by atoms with Crippen LogP contribution in [0.25, 0.3) is 11.5 Å². The molecule has 112 valence electrons. The summed E-state index contributed by atoms with van der Waals surface area (Å²) in [4.78, 5) is 16.3. The lowest BCUT2D eigenvalue weighted by molar-refractivity contribution is 0.102. The lowest BCUT2D eigenvalue weighted by Crippen LogP contribution is -2.13. The number of oxazole rings is 1. The number of aryl methyl sites for hydroxylation is 2. The SMILES string of the molecule is Cc1ccc(-c2ocnc2C(=O)Nc2ccc(C)c(Cl)c2)o1. The highest BCUT2D eigenvalue weighted by molar-refractivity contribution is 6.31. The molecule has 2 heterocycles. The van der Waals surface area contributed by atoms with Gasteiger partial charge in [0.25, 0.3) is 5.91 Å². The van der Waals surface area contributed by atoms with Crippen LogP contribution in [0.4, 0.5) is 5.69 Å². The van der Waals surface area contributed by atoms with E-state index >= 15 is 0 Å². The molecule has 1 amide bonds. The zero-order chi connectivity index (χ0) is 15.7. The van der Waals surface area contributed by atoms with Crippen LogP contribution in [0.15, 0.2) is 45.6 Å². The van der Waals surface area contributed by atoms with Crippen LogP contribution < -0.4 is 5.32 Å². The molecule has 0 unspecified atom stereocenters. The van der Waals surface area contributed by atoms with E-state index in [1.807, 2.05) is 19.9 Å². The number of nitrogens with one attached hydrogen (secondary N) is 1. The first-order valence-corrected chi connectivity index (χ1v) is 7.00. The van der Waals surface area contributed by atoms with Crippen molar-refractivity contribution in [2.45, 2.75) is 13.8 Å². The van der Waals surface area contributed by atoms with Crippen molar-refractivity contribution in [2.75, 3.05) is 5.32 Å². The number of rotatable bonds is 3. The van der Waals surface area contributed by atoms with Crippen LogP contribution in [-0.4, -0.2) is 10.9 Å². The average Bonchev–Trinajstić information content (AvgIpc) is 3.11. The van der Waals surface area contributed by atoms with Crippen molar-refractivity contribution in [3.8, 4) is 11.5 Å². The van der Waals surface area contributed by atoms with Gasteiger partial charge in [-0.25, -0.2) is 4.98 Å². The molecule has 3 aromatic rings. The van der Waals surface area contributed by atoms with Gasteiger partial charge in [-0.1, -0.05) is 17.7 Å². The van der Waals surface area contributed by atoms with Crippen LogP contribution in [-0.2, 0) is 0 Å². The van der Waals surface area contributed by atoms with Gasteiger partial charge in [0, 0.05) is 10.7 Å². The summed E-state index contributed by atoms with van der Waals surface area (Å²) >= 11 is 6.05. The first kappa shape index (κ1) is 14.4. The van der Waals surface area contributed by atoms with Crippen molar-refractivity contribution in [3.05, 3.63) is 58.8 Å². The Morgan fingerprint density at radius 1 is 1.23 bits per heavy atom. The fourth-order valence-corrected chi connectivity index (χ4v) is 2.18. The van der Waals surface area contributed by atoms with Crippen molar-refractivity contribution in [3.63, 3.8) is 0 Å². The molecule has 1 N–H and O–H groups in total. The summed E-state index contributed by atoms with van der Waals surface area (Å²) < 4.78 is 10.7. The highest BCUT2D eigenvalue weighted by atomic mass is 35.5. The highest BCUT2D eigenvalue weighted by Crippen LogP contribution is 2.26. The van der Waals surface area contributed by atoms with E-state index in [-0.39, 0.29) is 5.69 Å². The maximum atomic E-state index is 12.4. The Labute approximate surface area is 131 Å². The molecular formula is C16H13ClN2O3. The van der Waals surface area contributed by atoms with Gasteiger partial charge in [-0.05, 0) is 43.7 Å². The summed E-state index contributed by atoms with van der Waals surface area (Å²) in [6.07, 6.45) is 1.21. The van der Waals surface area contributed by atoms with E-state index in [0.717, 1.165) is 11.3 Å². The zero-order valence-corrected chi connectivity index (χ0v) is 12.8. The summed E-state index contributed by atoms with van der Waals surface area (Å²) in [6.45, 7) is 3.71. The molecule has 3 rings (SSSR count). The first-order valence-electron chi connectivity index (χ1n) is 6.62. The van der Waals surface area contributed by atoms with E-state index in [1.54, 1.807) is 24.3 Å². The van der Waals surface area contributed by atoms with Crippen LogP contribution >= 0.6 is 11.6 Å². The summed E-state index contributed by atoms with van der Waals surface area (Å²) in [5.41, 5.74) is 1.68. The predicted octanol–water partition coefficient (Wildman–Crippen LogP) is 4.46. The van der Waals surface area contributed by atoms with E-state index in [1.165, 1.54) is 6.39 Å². The van der Waals surface area contributed by atoms with Gasteiger partial charge >= 0.3 is 0 Å². The third kappa shape index (κ3) is 2.76. The second-order valence-corrected chi connectivity index (χ2v) is 5.27. The standard InChI is InChI=1S/C16H13ClN2O3/c1-9-3-5-11(7-12(9)17)19-16(20)14-15(21-8-18-14)13-6-4-10(2)22-13/h3-8H,1-2H3,(H,19,20). The molecule has 0 aliphatic rings. The molecule has 0 bridgehead atoms. The maximum absolute atomic E-state index is 12.4. The van der Waals surface area contributed by atoms with Gasteiger partial charge in [0.15, 0.2) is 17.8 Å². The van der Waals surface area contributed by atoms with Crippen LogP contribution in [0, 0.1) is 13.8 Å². The quantitative estimate of drug-likeness (QED) is 0.774. The van der Waals surface area contributed by atoms with E-state index < -0.39 is 5.91 Å². The molecule has 0 saturated heterocycles. The lowest BCUT2D eigenvalue weighted by atomic mass is 10.2. The molecule has 0 aliphatic carbocycles. The van der Waals surface area contributed by atoms with E-state index in [4.69, 9.17) is 20.4 Å². The number of halogens is 1. The lowest BCUT2D eigenvalue weighted by Gasteiger charge is -2.05. The molecule has 0 atom stereocenters. The van der Waals surface area contributed by atoms with Crippen LogP contribution in [0.5, 0.6) is 0 Å². The van der Waals surface area contributed by atoms with Crippen molar-refractivity contribution >= 4 is 23.2 Å². The Kier molecular flexibility index (Phi) is 3.73. The van der Waals surface area contributed by atoms with Crippen molar-refractivity contribution in [1.29, 1.82) is 0 Å². The summed E-state index contributed by atoms with van der Waals surface area (Å²) in [5.74, 6) is 1.09. The Bertz CT molecular complexity index is 836. The second kappa shape index (κ2) is 5.69. The van der Waals surface area contributed by atoms with Crippen molar-refractivity contribution in [2.24, 2.45) is 0 Å². The van der Waals surface area contributed by atoms with Gasteiger partial charge in [0.1, 0.15) is 5.76 Å². The molecule has 6 heteroatoms. The third-order valence-electron chi connectivity index (χ3n) is 3.18. The summed E-state index contributed by atoms with van der Waals surface area (Å²) in [5, 5.41) is 3.32. The van der Waals surface area contributed by atoms with Crippen LogP contribution in [0.2, 0.25) is 5.02 Å². The van der Waals surface area contributed by atoms with Crippen LogP contribution in [0.1, 0.15) is 21.8 Å². The van der Waals surface area contributed by atoms with Gasteiger partial charge in [-0.3, -0.25) is 4.79 Å². The number of hydrogen-bond donors (Lipinski definition) is 1. The topological polar surface area (TPSA) is 68.3 Å². The minimum Gasteiger partial charge on any atom is -0.458 e. The number of carbonyl (C=O) groups excluding carboxylic acids is 1. The smallest absolute Gasteiger partial charge is 0.278 e. The van der Waals surface area contributed by atoms with Crippen LogP contribution in [0.3, 0.4) is 0 Å². The second-order valence-electron chi connectivity index (χ2n) is 4.86. The summed E-state index contributed by atoms with van der Waals surface area (Å²) in [7, 11) is 0. The number of hydrogen-bond acceptors (Lipinski definition) is 4. The predicted molar refractivity (Wildman–Crippen MR) is 83.1 cm³/mol. The summed E-state index contributed by atoms with van der Waals surface area (Å²) in [6, 6.07) is 8.81. The van der Waals surface area contributed by atoms with E-state index in [9.17, 15) is 4.79 Å². The maximum Gasteiger partial charge on any atom is 0.278 e. The molecular weight excluding hydrogens is 304 g/mol. The first-order chi connectivity index (χ1) is 10.5. The number of benzene rings is 1. The van der Waals surface area contributed by atoms with Gasteiger partial charge in [0.05, 0.1) is 0 Å². The van der Waals surface area contributed by atoms with Gasteiger partial charge in [0.2, 0.25) is 5.76 Å². The fourth-order valence-electron chi connectivity index (χ4n) is 2.00. The minimum atomic E-state index is -0.391. The molecule has 0 saturated carbocycles. The number of anilines is 1. The number of carbonyl (C=O) groups is 1. The molecule has 2 aromatic heterocycles. The van der Waals surface area contributed by atoms with E-state index in [2.05, 4.69) is 10.3 Å². The Hall–Kier alpha value is -2.53. The number of nitrogens with zero attached hydrogens (tertiary/aromatic N) is 1. The largest absolute Gasteiger partial charge is 0.458 e. The normalized spacial score (nSPS) is 10.7. The molecule has 1 aromatic carbocycles. The van der Waals surface area contributed by atoms with Gasteiger partial charge < -0.3 is 14.2 Å². The molecule has 5 nitrogen and oxygen atoms in total. The fraction of sp³-hybridized carbons (Fsp3) is 0.125. The molecule has 0 fully saturated rings. The minimum absolute atomic E-state index is 0.158. The Morgan fingerprint density at radius 3 is 2.73 bits per heavy atom. The highest BCUT2D eigenvalue weighted by Gasteiger charge is 2.20. The Balaban J connectivity index is 1.87. The average molecular weight is 317 g/mol. The molecule has 0 spiro atoms. The molecule has 22 heavy (non-hydrogen) atoms. The number of furan rings is 1. The molecule has 0 radical (unpaired) electrons. The van der Waals surface area contributed by atoms with Gasteiger partial charge in [-0.2, -0.15) is 0 Å². The third-order valence-corrected chi connectivity index (χ3v) is 3.58. The van der Waals surface area contributed by atoms with Crippen molar-refractivity contribution in [1.82, 2.24) is 4.98 Å². The zero-order valence-electron chi connectivity index (χ0n) is 12.0. The monoisotopic (exact) mass is 316 g/mol. The number of amides is 1. The van der Waals surface area contributed by atoms with Gasteiger partial charge in [-0.15, -0.1) is 0 Å². The Morgan fingerprint density at radius 2 is 2.05 bits per heavy atom. The number of aromatic nitrogens is 1.